The third-order valence-electron chi connectivity index (χ3n) is 6.31. The van der Waals surface area contributed by atoms with E-state index in [2.05, 4.69) is 34.0 Å². The van der Waals surface area contributed by atoms with Gasteiger partial charge >= 0.3 is 6.03 Å². The molecule has 2 heterocycles. The molecule has 1 aliphatic rings. The molecule has 0 atom stereocenters. The fourth-order valence-corrected chi connectivity index (χ4v) is 4.43. The summed E-state index contributed by atoms with van der Waals surface area (Å²) in [7, 11) is 1.58. The highest BCUT2D eigenvalue weighted by Crippen LogP contribution is 2.26. The number of carbonyl (C=O) groups is 2. The highest BCUT2D eigenvalue weighted by atomic mass is 16.5. The fraction of sp³-hybridized carbons (Fsp3) is 0.370. The quantitative estimate of drug-likeness (QED) is 0.506. The summed E-state index contributed by atoms with van der Waals surface area (Å²) in [5.41, 5.74) is 2.51. The minimum absolute atomic E-state index is 0.0393. The number of hydrogen-bond donors (Lipinski definition) is 2. The molecule has 184 valence electrons. The molecule has 0 saturated carbocycles. The molecule has 8 nitrogen and oxygen atoms in total. The number of urea groups is 1. The van der Waals surface area contributed by atoms with Gasteiger partial charge < -0.3 is 24.8 Å². The molecule has 3 amide bonds. The van der Waals surface area contributed by atoms with Crippen molar-refractivity contribution in [1.29, 1.82) is 0 Å². The first kappa shape index (κ1) is 24.3. The van der Waals surface area contributed by atoms with Crippen molar-refractivity contribution in [3.05, 3.63) is 72.3 Å². The lowest BCUT2D eigenvalue weighted by molar-refractivity contribution is -0.121. The number of imidazole rings is 1. The van der Waals surface area contributed by atoms with Crippen LogP contribution in [0.4, 0.5) is 16.2 Å². The number of rotatable bonds is 7. The SMILES string of the molecule is COc1ccccc1NC(=O)C1CCN(C(=O)Nc2cccc(Cn3ccnc3C(C)C)c2)CC1. The van der Waals surface area contributed by atoms with E-state index in [1.165, 1.54) is 0 Å². The second-order valence-corrected chi connectivity index (χ2v) is 9.15. The first-order valence-corrected chi connectivity index (χ1v) is 12.0. The number of para-hydroxylation sites is 2. The van der Waals surface area contributed by atoms with Gasteiger partial charge in [0.1, 0.15) is 11.6 Å². The highest BCUT2D eigenvalue weighted by molar-refractivity contribution is 5.94. The Labute approximate surface area is 206 Å². The number of piperidine rings is 1. The summed E-state index contributed by atoms with van der Waals surface area (Å²) in [6.07, 6.45) is 5.04. The van der Waals surface area contributed by atoms with Crippen LogP contribution in [0.2, 0.25) is 0 Å². The molecule has 0 bridgehead atoms. The van der Waals surface area contributed by atoms with Gasteiger partial charge in [0.25, 0.3) is 0 Å². The van der Waals surface area contributed by atoms with Crippen molar-refractivity contribution in [2.24, 2.45) is 5.92 Å². The number of carbonyl (C=O) groups excluding carboxylic acids is 2. The van der Waals surface area contributed by atoms with Crippen LogP contribution in [-0.2, 0) is 11.3 Å². The van der Waals surface area contributed by atoms with Crippen LogP contribution >= 0.6 is 0 Å². The zero-order chi connectivity index (χ0) is 24.8. The van der Waals surface area contributed by atoms with E-state index in [0.717, 1.165) is 17.1 Å². The number of benzene rings is 2. The van der Waals surface area contributed by atoms with Crippen molar-refractivity contribution in [3.63, 3.8) is 0 Å². The van der Waals surface area contributed by atoms with Crippen molar-refractivity contribution >= 4 is 23.3 Å². The van der Waals surface area contributed by atoms with E-state index < -0.39 is 0 Å². The van der Waals surface area contributed by atoms with E-state index in [0.29, 0.717) is 49.8 Å². The summed E-state index contributed by atoms with van der Waals surface area (Å²) in [6, 6.07) is 15.1. The van der Waals surface area contributed by atoms with Crippen LogP contribution in [0.3, 0.4) is 0 Å². The molecular weight excluding hydrogens is 442 g/mol. The van der Waals surface area contributed by atoms with Gasteiger partial charge in [0.2, 0.25) is 5.91 Å². The van der Waals surface area contributed by atoms with E-state index in [9.17, 15) is 9.59 Å². The molecule has 4 rings (SSSR count). The molecular formula is C27H33N5O3. The Morgan fingerprint density at radius 1 is 1.09 bits per heavy atom. The number of likely N-dealkylation sites (tertiary alicyclic amines) is 1. The molecule has 35 heavy (non-hydrogen) atoms. The van der Waals surface area contributed by atoms with E-state index in [1.54, 1.807) is 12.0 Å². The first-order valence-electron chi connectivity index (χ1n) is 12.0. The molecule has 0 unspecified atom stereocenters. The molecule has 1 aliphatic heterocycles. The predicted molar refractivity (Wildman–Crippen MR) is 137 cm³/mol. The van der Waals surface area contributed by atoms with Crippen molar-refractivity contribution in [2.75, 3.05) is 30.8 Å². The maximum Gasteiger partial charge on any atom is 0.321 e. The molecule has 0 radical (unpaired) electrons. The molecule has 8 heteroatoms. The predicted octanol–water partition coefficient (Wildman–Crippen LogP) is 4.95. The molecule has 1 saturated heterocycles. The summed E-state index contributed by atoms with van der Waals surface area (Å²) in [5, 5.41) is 5.97. The van der Waals surface area contributed by atoms with E-state index >= 15 is 0 Å². The number of aromatic nitrogens is 2. The van der Waals surface area contributed by atoms with Crippen LogP contribution < -0.4 is 15.4 Å². The molecule has 2 aromatic carbocycles. The molecule has 0 aliphatic carbocycles. The second kappa shape index (κ2) is 11.1. The maximum absolute atomic E-state index is 12.9. The Bertz CT molecular complexity index is 1160. The third-order valence-corrected chi connectivity index (χ3v) is 6.31. The topological polar surface area (TPSA) is 88.5 Å². The van der Waals surface area contributed by atoms with Gasteiger partial charge in [-0.1, -0.05) is 38.1 Å². The lowest BCUT2D eigenvalue weighted by Gasteiger charge is -2.31. The lowest BCUT2D eigenvalue weighted by atomic mass is 9.96. The molecule has 0 spiro atoms. The Hall–Kier alpha value is -3.81. The van der Waals surface area contributed by atoms with Crippen LogP contribution in [0.25, 0.3) is 0 Å². The number of ether oxygens (including phenoxy) is 1. The minimum Gasteiger partial charge on any atom is -0.495 e. The minimum atomic E-state index is -0.142. The third kappa shape index (κ3) is 6.01. The van der Waals surface area contributed by atoms with Crippen molar-refractivity contribution in [2.45, 2.75) is 39.2 Å². The smallest absolute Gasteiger partial charge is 0.321 e. The van der Waals surface area contributed by atoms with Crippen LogP contribution in [0.1, 0.15) is 44.0 Å². The van der Waals surface area contributed by atoms with Gasteiger partial charge in [0.05, 0.1) is 12.8 Å². The summed E-state index contributed by atoms with van der Waals surface area (Å²) >= 11 is 0. The highest BCUT2D eigenvalue weighted by Gasteiger charge is 2.28. The van der Waals surface area contributed by atoms with Crippen molar-refractivity contribution in [1.82, 2.24) is 14.5 Å². The van der Waals surface area contributed by atoms with Gasteiger partial charge in [-0.2, -0.15) is 0 Å². The summed E-state index contributed by atoms with van der Waals surface area (Å²) in [4.78, 5) is 31.8. The first-order chi connectivity index (χ1) is 16.9. The van der Waals surface area contributed by atoms with E-state index in [-0.39, 0.29) is 17.9 Å². The average Bonchev–Trinajstić information content (AvgIpc) is 3.33. The zero-order valence-corrected chi connectivity index (χ0v) is 20.5. The molecule has 2 N–H and O–H groups in total. The zero-order valence-electron chi connectivity index (χ0n) is 20.5. The largest absolute Gasteiger partial charge is 0.495 e. The van der Waals surface area contributed by atoms with Gasteiger partial charge in [-0.3, -0.25) is 4.79 Å². The summed E-state index contributed by atoms with van der Waals surface area (Å²) < 4.78 is 7.44. The second-order valence-electron chi connectivity index (χ2n) is 9.15. The number of nitrogens with one attached hydrogen (secondary N) is 2. The summed E-state index contributed by atoms with van der Waals surface area (Å²) in [6.45, 7) is 6.01. The maximum atomic E-state index is 12.9. The van der Waals surface area contributed by atoms with Gasteiger partial charge in [-0.15, -0.1) is 0 Å². The van der Waals surface area contributed by atoms with Crippen LogP contribution in [0, 0.1) is 5.92 Å². The van der Waals surface area contributed by atoms with Crippen molar-refractivity contribution < 1.29 is 14.3 Å². The number of amides is 3. The van der Waals surface area contributed by atoms with Gasteiger partial charge in [0.15, 0.2) is 0 Å². The van der Waals surface area contributed by atoms with Crippen LogP contribution in [-0.4, -0.2) is 46.6 Å². The number of nitrogens with zero attached hydrogens (tertiary/aromatic N) is 3. The Kier molecular flexibility index (Phi) is 7.70. The standard InChI is InChI=1S/C27H33N5O3/c1-19(2)25-28-13-16-32(25)18-20-7-6-8-22(17-20)29-27(34)31-14-11-21(12-15-31)26(33)30-23-9-4-5-10-24(23)35-3/h4-10,13,16-17,19,21H,11-12,14-15,18H2,1-3H3,(H,29,34)(H,30,33). The fourth-order valence-electron chi connectivity index (χ4n) is 4.43. The van der Waals surface area contributed by atoms with Gasteiger partial charge in [0, 0.05) is 49.6 Å². The average molecular weight is 476 g/mol. The molecule has 1 aromatic heterocycles. The monoisotopic (exact) mass is 475 g/mol. The van der Waals surface area contributed by atoms with Crippen LogP contribution in [0.15, 0.2) is 60.9 Å². The number of hydrogen-bond acceptors (Lipinski definition) is 4. The van der Waals surface area contributed by atoms with E-state index in [1.807, 2.05) is 60.9 Å². The molecule has 1 fully saturated rings. The number of anilines is 2. The Morgan fingerprint density at radius 3 is 2.60 bits per heavy atom. The normalized spacial score (nSPS) is 14.1. The van der Waals surface area contributed by atoms with Gasteiger partial charge in [-0.25, -0.2) is 9.78 Å². The Balaban J connectivity index is 1.30. The summed E-state index contributed by atoms with van der Waals surface area (Å²) in [5.74, 6) is 1.83. The Morgan fingerprint density at radius 2 is 1.86 bits per heavy atom. The van der Waals surface area contributed by atoms with Gasteiger partial charge in [-0.05, 0) is 42.7 Å². The number of methoxy groups -OCH3 is 1. The van der Waals surface area contributed by atoms with Crippen molar-refractivity contribution in [3.8, 4) is 5.75 Å². The van der Waals surface area contributed by atoms with Crippen LogP contribution in [0.5, 0.6) is 5.75 Å². The lowest BCUT2D eigenvalue weighted by Crippen LogP contribution is -2.43. The molecule has 3 aromatic rings. The van der Waals surface area contributed by atoms with E-state index in [4.69, 9.17) is 4.74 Å².